The molecule has 1 aliphatic carbocycles. The molecule has 3 atom stereocenters. The van der Waals surface area contributed by atoms with Gasteiger partial charge in [-0.3, -0.25) is 0 Å². The number of benzene rings is 1. The summed E-state index contributed by atoms with van der Waals surface area (Å²) in [5.41, 5.74) is 5.36. The quantitative estimate of drug-likeness (QED) is 0.738. The fourth-order valence-electron chi connectivity index (χ4n) is 6.09. The molecule has 1 saturated heterocycles. The topological polar surface area (TPSA) is 41.1 Å². The Morgan fingerprint density at radius 2 is 2.07 bits per heavy atom. The maximum Gasteiger partial charge on any atom is 0.140 e. The molecule has 1 fully saturated rings. The number of hydrogen-bond acceptors (Lipinski definition) is 4. The Morgan fingerprint density at radius 1 is 1.25 bits per heavy atom. The van der Waals surface area contributed by atoms with Gasteiger partial charge in [-0.05, 0) is 60.9 Å². The first-order valence-corrected chi connectivity index (χ1v) is 10.8. The molecule has 1 aromatic heterocycles. The molecule has 148 valence electrons. The average Bonchev–Trinajstić information content (AvgIpc) is 3.33. The molecule has 0 saturated carbocycles. The Hall–Kier alpha value is -1.65. The minimum Gasteiger partial charge on any atom is -0.321 e. The first-order valence-electron chi connectivity index (χ1n) is 10.5. The summed E-state index contributed by atoms with van der Waals surface area (Å²) in [7, 11) is 0. The van der Waals surface area contributed by atoms with Crippen LogP contribution in [0.5, 0.6) is 0 Å². The van der Waals surface area contributed by atoms with E-state index in [1.165, 1.54) is 22.5 Å². The van der Waals surface area contributed by atoms with Crippen molar-refractivity contribution >= 4 is 23.1 Å². The lowest BCUT2D eigenvalue weighted by molar-refractivity contribution is 0.225. The third kappa shape index (κ3) is 2.47. The van der Waals surface area contributed by atoms with Crippen LogP contribution >= 0.6 is 11.6 Å². The lowest BCUT2D eigenvalue weighted by Crippen LogP contribution is -2.52. The van der Waals surface area contributed by atoms with Crippen LogP contribution in [0.1, 0.15) is 63.3 Å². The SMILES string of the molecule is C[C@@H]1CCc2ncnc(N3c4ccc(Cl)cc4[C@@]4(CCNC4)C3C(C)(C)C)c21. The van der Waals surface area contributed by atoms with Crippen LogP contribution in [0.15, 0.2) is 24.5 Å². The summed E-state index contributed by atoms with van der Waals surface area (Å²) in [6, 6.07) is 6.75. The number of rotatable bonds is 1. The fourth-order valence-corrected chi connectivity index (χ4v) is 6.26. The van der Waals surface area contributed by atoms with Crippen molar-refractivity contribution < 1.29 is 0 Å². The third-order valence-electron chi connectivity index (χ3n) is 7.03. The minimum absolute atomic E-state index is 0.0537. The molecule has 3 aliphatic rings. The Balaban J connectivity index is 1.79. The van der Waals surface area contributed by atoms with Crippen molar-refractivity contribution in [2.75, 3.05) is 18.0 Å². The van der Waals surface area contributed by atoms with Gasteiger partial charge in [0.2, 0.25) is 0 Å². The smallest absolute Gasteiger partial charge is 0.140 e. The van der Waals surface area contributed by atoms with Gasteiger partial charge in [-0.1, -0.05) is 39.3 Å². The molecule has 5 heteroatoms. The van der Waals surface area contributed by atoms with E-state index in [-0.39, 0.29) is 10.8 Å². The highest BCUT2D eigenvalue weighted by molar-refractivity contribution is 6.30. The molecule has 1 spiro atoms. The van der Waals surface area contributed by atoms with Crippen LogP contribution in [-0.2, 0) is 11.8 Å². The molecule has 4 nitrogen and oxygen atoms in total. The third-order valence-corrected chi connectivity index (χ3v) is 7.26. The largest absolute Gasteiger partial charge is 0.321 e. The molecule has 28 heavy (non-hydrogen) atoms. The molecule has 1 aromatic carbocycles. The van der Waals surface area contributed by atoms with Crippen molar-refractivity contribution in [3.05, 3.63) is 46.4 Å². The van der Waals surface area contributed by atoms with E-state index < -0.39 is 0 Å². The van der Waals surface area contributed by atoms with Gasteiger partial charge in [-0.15, -0.1) is 0 Å². The fraction of sp³-hybridized carbons (Fsp3) is 0.565. The summed E-state index contributed by atoms with van der Waals surface area (Å²) < 4.78 is 0. The van der Waals surface area contributed by atoms with E-state index in [1.54, 1.807) is 6.33 Å². The van der Waals surface area contributed by atoms with Crippen molar-refractivity contribution in [1.29, 1.82) is 0 Å². The lowest BCUT2D eigenvalue weighted by atomic mass is 9.66. The lowest BCUT2D eigenvalue weighted by Gasteiger charge is -2.44. The van der Waals surface area contributed by atoms with Crippen LogP contribution in [0, 0.1) is 5.41 Å². The predicted molar refractivity (Wildman–Crippen MR) is 115 cm³/mol. The molecule has 0 bridgehead atoms. The first kappa shape index (κ1) is 18.4. The van der Waals surface area contributed by atoms with Gasteiger partial charge in [0.05, 0.1) is 6.04 Å². The van der Waals surface area contributed by atoms with E-state index in [1.807, 2.05) is 6.07 Å². The number of halogens is 1. The minimum atomic E-state index is 0.0537. The molecule has 0 amide bonds. The molecular weight excluding hydrogens is 368 g/mol. The van der Waals surface area contributed by atoms with Gasteiger partial charge in [0.25, 0.3) is 0 Å². The first-order chi connectivity index (χ1) is 13.3. The zero-order chi connectivity index (χ0) is 19.7. The normalized spacial score (nSPS) is 28.8. The molecule has 0 radical (unpaired) electrons. The van der Waals surface area contributed by atoms with Crippen LogP contribution in [0.4, 0.5) is 11.5 Å². The average molecular weight is 397 g/mol. The second kappa shape index (κ2) is 6.17. The van der Waals surface area contributed by atoms with Crippen molar-refractivity contribution in [1.82, 2.24) is 15.3 Å². The Morgan fingerprint density at radius 3 is 2.79 bits per heavy atom. The summed E-state index contributed by atoms with van der Waals surface area (Å²) in [6.45, 7) is 11.4. The number of nitrogens with one attached hydrogen (secondary N) is 1. The number of aromatic nitrogens is 2. The van der Waals surface area contributed by atoms with Crippen LogP contribution in [-0.4, -0.2) is 29.1 Å². The second-order valence-corrected chi connectivity index (χ2v) is 10.3. The van der Waals surface area contributed by atoms with E-state index in [2.05, 4.69) is 55.0 Å². The maximum atomic E-state index is 6.49. The van der Waals surface area contributed by atoms with Gasteiger partial charge in [-0.25, -0.2) is 9.97 Å². The van der Waals surface area contributed by atoms with E-state index in [0.717, 1.165) is 43.2 Å². The summed E-state index contributed by atoms with van der Waals surface area (Å²) in [6.07, 6.45) is 5.11. The molecular formula is C23H29ClN4. The Kier molecular flexibility index (Phi) is 4.05. The molecule has 3 heterocycles. The van der Waals surface area contributed by atoms with E-state index in [0.29, 0.717) is 12.0 Å². The monoisotopic (exact) mass is 396 g/mol. The van der Waals surface area contributed by atoms with Gasteiger partial charge in [0.1, 0.15) is 12.1 Å². The summed E-state index contributed by atoms with van der Waals surface area (Å²) in [5, 5.41) is 4.47. The highest BCUT2D eigenvalue weighted by Crippen LogP contribution is 2.57. The summed E-state index contributed by atoms with van der Waals surface area (Å²) >= 11 is 6.49. The number of fused-ring (bicyclic) bond motifs is 3. The van der Waals surface area contributed by atoms with Crippen LogP contribution in [0.2, 0.25) is 5.02 Å². The Labute approximate surface area is 172 Å². The molecule has 5 rings (SSSR count). The van der Waals surface area contributed by atoms with E-state index >= 15 is 0 Å². The number of anilines is 2. The van der Waals surface area contributed by atoms with Gasteiger partial charge >= 0.3 is 0 Å². The van der Waals surface area contributed by atoms with Gasteiger partial charge in [0.15, 0.2) is 0 Å². The van der Waals surface area contributed by atoms with Crippen molar-refractivity contribution in [2.24, 2.45) is 5.41 Å². The van der Waals surface area contributed by atoms with E-state index in [4.69, 9.17) is 16.6 Å². The predicted octanol–water partition coefficient (Wildman–Crippen LogP) is 4.98. The second-order valence-electron chi connectivity index (χ2n) is 9.88. The molecule has 2 aliphatic heterocycles. The maximum absolute atomic E-state index is 6.49. The van der Waals surface area contributed by atoms with Crippen LogP contribution < -0.4 is 10.2 Å². The zero-order valence-electron chi connectivity index (χ0n) is 17.2. The van der Waals surface area contributed by atoms with Crippen molar-refractivity contribution in [3.63, 3.8) is 0 Å². The van der Waals surface area contributed by atoms with Gasteiger partial charge in [-0.2, -0.15) is 0 Å². The number of hydrogen-bond donors (Lipinski definition) is 1. The highest BCUT2D eigenvalue weighted by atomic mass is 35.5. The number of nitrogens with zero attached hydrogens (tertiary/aromatic N) is 3. The Bertz CT molecular complexity index is 927. The highest BCUT2D eigenvalue weighted by Gasteiger charge is 2.57. The summed E-state index contributed by atoms with van der Waals surface area (Å²) in [4.78, 5) is 12.0. The van der Waals surface area contributed by atoms with Crippen LogP contribution in [0.25, 0.3) is 0 Å². The number of aryl methyl sites for hydroxylation is 1. The van der Waals surface area contributed by atoms with Crippen molar-refractivity contribution in [2.45, 2.75) is 64.3 Å². The van der Waals surface area contributed by atoms with Crippen molar-refractivity contribution in [3.8, 4) is 0 Å². The zero-order valence-corrected chi connectivity index (χ0v) is 18.0. The van der Waals surface area contributed by atoms with E-state index in [9.17, 15) is 0 Å². The van der Waals surface area contributed by atoms with Crippen LogP contribution in [0.3, 0.4) is 0 Å². The van der Waals surface area contributed by atoms with Gasteiger partial charge in [0, 0.05) is 33.9 Å². The standard InChI is InChI=1S/C23H29ClN4/c1-14-5-7-17-19(14)20(27-13-26-17)28-18-8-6-15(24)11-16(18)23(9-10-25-12-23)21(28)22(2,3)4/h6,8,11,13-14,21,25H,5,7,9-10,12H2,1-4H3/t14-,21?,23+/m1/s1. The molecule has 1 unspecified atom stereocenters. The van der Waals surface area contributed by atoms with Gasteiger partial charge < -0.3 is 10.2 Å². The molecule has 2 aromatic rings. The molecule has 1 N–H and O–H groups in total. The summed E-state index contributed by atoms with van der Waals surface area (Å²) in [5.74, 6) is 1.61.